The number of hydrogen-bond acceptors (Lipinski definition) is 4. The smallest absolute Gasteiger partial charge is 0.410 e. The molecule has 1 aliphatic rings. The number of carboxylic acid groups (broad SMARTS) is 1. The molecule has 1 saturated heterocycles. The van der Waals surface area contributed by atoms with Crippen LogP contribution in [0.3, 0.4) is 0 Å². The molecule has 0 spiro atoms. The minimum absolute atomic E-state index is 0.135. The van der Waals surface area contributed by atoms with Gasteiger partial charge in [-0.05, 0) is 25.3 Å². The van der Waals surface area contributed by atoms with E-state index in [4.69, 9.17) is 9.84 Å². The van der Waals surface area contributed by atoms with Gasteiger partial charge in [-0.2, -0.15) is 0 Å². The van der Waals surface area contributed by atoms with Crippen LogP contribution in [-0.2, 0) is 20.9 Å². The van der Waals surface area contributed by atoms with Crippen LogP contribution in [0.15, 0.2) is 30.3 Å². The van der Waals surface area contributed by atoms with Gasteiger partial charge in [-0.25, -0.2) is 4.79 Å². The van der Waals surface area contributed by atoms with Crippen molar-refractivity contribution in [1.82, 2.24) is 10.2 Å². The maximum Gasteiger partial charge on any atom is 0.410 e. The Bertz CT molecular complexity index is 575. The summed E-state index contributed by atoms with van der Waals surface area (Å²) in [7, 11) is 0. The minimum Gasteiger partial charge on any atom is -0.480 e. The number of nitrogens with zero attached hydrogens (tertiary/aromatic N) is 1. The molecule has 1 aromatic carbocycles. The van der Waals surface area contributed by atoms with Gasteiger partial charge < -0.3 is 15.2 Å². The molecule has 0 aliphatic carbocycles. The summed E-state index contributed by atoms with van der Waals surface area (Å²) in [6.07, 6.45) is 0.618. The van der Waals surface area contributed by atoms with Crippen LogP contribution in [0.5, 0.6) is 0 Å². The summed E-state index contributed by atoms with van der Waals surface area (Å²) < 4.78 is 5.24. The van der Waals surface area contributed by atoms with Crippen molar-refractivity contribution < 1.29 is 24.2 Å². The fourth-order valence-corrected chi connectivity index (χ4v) is 2.43. The fraction of sp³-hybridized carbons (Fsp3) is 0.438. The number of rotatable bonds is 5. The second kappa shape index (κ2) is 7.62. The highest BCUT2D eigenvalue weighted by Gasteiger charge is 2.36. The van der Waals surface area contributed by atoms with Crippen molar-refractivity contribution in [2.45, 2.75) is 38.5 Å². The summed E-state index contributed by atoms with van der Waals surface area (Å²) in [4.78, 5) is 36.4. The van der Waals surface area contributed by atoms with Crippen molar-refractivity contribution in [2.24, 2.45) is 0 Å². The average molecular weight is 320 g/mol. The van der Waals surface area contributed by atoms with E-state index >= 15 is 0 Å². The molecule has 1 aromatic rings. The first kappa shape index (κ1) is 16.8. The largest absolute Gasteiger partial charge is 0.480 e. The van der Waals surface area contributed by atoms with Crippen molar-refractivity contribution >= 4 is 18.0 Å². The van der Waals surface area contributed by atoms with E-state index in [-0.39, 0.29) is 6.61 Å². The predicted molar refractivity (Wildman–Crippen MR) is 81.6 cm³/mol. The van der Waals surface area contributed by atoms with Gasteiger partial charge in [0.15, 0.2) is 0 Å². The molecule has 2 atom stereocenters. The van der Waals surface area contributed by atoms with E-state index in [0.717, 1.165) is 5.56 Å². The molecule has 0 unspecified atom stereocenters. The number of benzene rings is 1. The number of ether oxygens (including phenoxy) is 1. The Kier molecular flexibility index (Phi) is 5.56. The summed E-state index contributed by atoms with van der Waals surface area (Å²) in [6.45, 7) is 1.94. The van der Waals surface area contributed by atoms with Gasteiger partial charge in [0.1, 0.15) is 18.7 Å². The zero-order chi connectivity index (χ0) is 16.8. The minimum atomic E-state index is -1.12. The Labute approximate surface area is 134 Å². The SMILES string of the molecule is C[C@@H](NC(=O)[C@@H]1CCCN1C(=O)OCc1ccccc1)C(=O)O. The second-order valence-corrected chi connectivity index (χ2v) is 5.46. The van der Waals surface area contributed by atoms with Gasteiger partial charge in [0.25, 0.3) is 0 Å². The van der Waals surface area contributed by atoms with Crippen LogP contribution in [0.1, 0.15) is 25.3 Å². The normalized spacial score (nSPS) is 18.3. The predicted octanol–water partition coefficient (Wildman–Crippen LogP) is 1.38. The first-order valence-electron chi connectivity index (χ1n) is 7.49. The molecular formula is C16H20N2O5. The second-order valence-electron chi connectivity index (χ2n) is 5.46. The molecule has 2 rings (SSSR count). The Morgan fingerprint density at radius 1 is 1.35 bits per heavy atom. The van der Waals surface area contributed by atoms with Crippen LogP contribution in [-0.4, -0.2) is 46.6 Å². The van der Waals surface area contributed by atoms with Crippen LogP contribution in [0.4, 0.5) is 4.79 Å². The van der Waals surface area contributed by atoms with Crippen molar-refractivity contribution in [2.75, 3.05) is 6.54 Å². The lowest BCUT2D eigenvalue weighted by atomic mass is 10.2. The van der Waals surface area contributed by atoms with Crippen molar-refractivity contribution in [3.63, 3.8) is 0 Å². The van der Waals surface area contributed by atoms with Crippen molar-refractivity contribution in [1.29, 1.82) is 0 Å². The van der Waals surface area contributed by atoms with E-state index < -0.39 is 30.1 Å². The summed E-state index contributed by atoms with van der Waals surface area (Å²) in [5.41, 5.74) is 0.862. The van der Waals surface area contributed by atoms with Gasteiger partial charge in [-0.3, -0.25) is 14.5 Å². The number of amides is 2. The molecule has 23 heavy (non-hydrogen) atoms. The van der Waals surface area contributed by atoms with Gasteiger partial charge in [-0.1, -0.05) is 30.3 Å². The molecule has 0 bridgehead atoms. The standard InChI is InChI=1S/C16H20N2O5/c1-11(15(20)21)17-14(19)13-8-5-9-18(13)16(22)23-10-12-6-3-2-4-7-12/h2-4,6-7,11,13H,5,8-10H2,1H3,(H,17,19)(H,20,21)/t11-,13+/m1/s1. The monoisotopic (exact) mass is 320 g/mol. The number of nitrogens with one attached hydrogen (secondary N) is 1. The van der Waals surface area contributed by atoms with Gasteiger partial charge in [0.2, 0.25) is 5.91 Å². The molecule has 1 fully saturated rings. The van der Waals surface area contributed by atoms with Gasteiger partial charge in [0, 0.05) is 6.54 Å². The number of carboxylic acids is 1. The molecule has 124 valence electrons. The molecule has 0 saturated carbocycles. The summed E-state index contributed by atoms with van der Waals surface area (Å²) in [6, 6.07) is 7.58. The molecule has 2 N–H and O–H groups in total. The van der Waals surface area contributed by atoms with Gasteiger partial charge in [0.05, 0.1) is 0 Å². The first-order valence-corrected chi connectivity index (χ1v) is 7.49. The van der Waals surface area contributed by atoms with E-state index in [9.17, 15) is 14.4 Å². The highest BCUT2D eigenvalue weighted by Crippen LogP contribution is 2.19. The molecule has 2 amide bonds. The fourth-order valence-electron chi connectivity index (χ4n) is 2.43. The third-order valence-corrected chi connectivity index (χ3v) is 3.72. The molecule has 0 aromatic heterocycles. The summed E-state index contributed by atoms with van der Waals surface area (Å²) in [5, 5.41) is 11.2. The van der Waals surface area contributed by atoms with E-state index in [1.54, 1.807) is 0 Å². The molecule has 0 radical (unpaired) electrons. The number of carbonyl (C=O) groups is 3. The maximum absolute atomic E-state index is 12.2. The lowest BCUT2D eigenvalue weighted by Gasteiger charge is -2.24. The Balaban J connectivity index is 1.91. The van der Waals surface area contributed by atoms with Crippen LogP contribution in [0.2, 0.25) is 0 Å². The van der Waals surface area contributed by atoms with Crippen LogP contribution in [0, 0.1) is 0 Å². The van der Waals surface area contributed by atoms with Gasteiger partial charge in [-0.15, -0.1) is 0 Å². The topological polar surface area (TPSA) is 95.9 Å². The van der Waals surface area contributed by atoms with Crippen molar-refractivity contribution in [3.8, 4) is 0 Å². The maximum atomic E-state index is 12.2. The first-order chi connectivity index (χ1) is 11.0. The number of likely N-dealkylation sites (tertiary alicyclic amines) is 1. The third-order valence-electron chi connectivity index (χ3n) is 3.72. The molecule has 1 heterocycles. The van der Waals surface area contributed by atoms with E-state index in [1.807, 2.05) is 30.3 Å². The van der Waals surface area contributed by atoms with E-state index in [1.165, 1.54) is 11.8 Å². The van der Waals surface area contributed by atoms with Gasteiger partial charge >= 0.3 is 12.1 Å². The Morgan fingerprint density at radius 3 is 2.70 bits per heavy atom. The highest BCUT2D eigenvalue weighted by atomic mass is 16.6. The third kappa shape index (κ3) is 4.45. The van der Waals surface area contributed by atoms with Crippen molar-refractivity contribution in [3.05, 3.63) is 35.9 Å². The zero-order valence-electron chi connectivity index (χ0n) is 12.9. The number of hydrogen-bond donors (Lipinski definition) is 2. The quantitative estimate of drug-likeness (QED) is 0.854. The lowest BCUT2D eigenvalue weighted by Crippen LogP contribution is -2.50. The highest BCUT2D eigenvalue weighted by molar-refractivity contribution is 5.89. The zero-order valence-corrected chi connectivity index (χ0v) is 12.9. The Morgan fingerprint density at radius 2 is 2.04 bits per heavy atom. The molecular weight excluding hydrogens is 300 g/mol. The lowest BCUT2D eigenvalue weighted by molar-refractivity contribution is -0.141. The van der Waals surface area contributed by atoms with Crippen LogP contribution < -0.4 is 5.32 Å². The summed E-state index contributed by atoms with van der Waals surface area (Å²) in [5.74, 6) is -1.58. The average Bonchev–Trinajstić information content (AvgIpc) is 3.03. The molecule has 7 heteroatoms. The Hall–Kier alpha value is -2.57. The number of carbonyl (C=O) groups excluding carboxylic acids is 2. The van der Waals surface area contributed by atoms with Crippen LogP contribution in [0.25, 0.3) is 0 Å². The van der Waals surface area contributed by atoms with Crippen LogP contribution >= 0.6 is 0 Å². The molecule has 1 aliphatic heterocycles. The summed E-state index contributed by atoms with van der Waals surface area (Å²) >= 11 is 0. The van der Waals surface area contributed by atoms with E-state index in [0.29, 0.717) is 19.4 Å². The number of aliphatic carboxylic acids is 1. The van der Waals surface area contributed by atoms with E-state index in [2.05, 4.69) is 5.32 Å². The molecule has 7 nitrogen and oxygen atoms in total.